The molecule has 2 aromatic rings. The van der Waals surface area contributed by atoms with Crippen molar-refractivity contribution in [2.75, 3.05) is 26.4 Å². The predicted molar refractivity (Wildman–Crippen MR) is 414 cm³/mol. The molecule has 0 spiro atoms. The average Bonchev–Trinajstić information content (AvgIpc) is 0.826. The summed E-state index contributed by atoms with van der Waals surface area (Å²) in [6, 6.07) is 17.7. The molecule has 0 fully saturated rings. The number of carbonyl (C=O) groups excluding carboxylic acids is 4. The minimum Gasteiger partial charge on any atom is -0.462 e. The zero-order valence-electron chi connectivity index (χ0n) is 64.8. The normalized spacial score (nSPS) is 13.3. The van der Waals surface area contributed by atoms with E-state index in [0.717, 1.165) is 89.9 Å². The number of phosphoric acid groups is 2. The van der Waals surface area contributed by atoms with Gasteiger partial charge in [0.1, 0.15) is 13.2 Å². The van der Waals surface area contributed by atoms with E-state index in [0.29, 0.717) is 36.8 Å². The largest absolute Gasteiger partial charge is 0.484 e. The molecule has 0 aliphatic carbocycles. The summed E-state index contributed by atoms with van der Waals surface area (Å²) >= 11 is 0. The fraction of sp³-hybridized carbons (Fsp3) is 0.810. The number of ether oxygens (including phenoxy) is 4. The lowest BCUT2D eigenvalue weighted by Gasteiger charge is -2.26. The molecule has 0 bridgehead atoms. The Morgan fingerprint density at radius 2 is 0.475 bits per heavy atom. The van der Waals surface area contributed by atoms with Gasteiger partial charge in [0.15, 0.2) is 12.2 Å². The van der Waals surface area contributed by atoms with Gasteiger partial charge in [-0.1, -0.05) is 397 Å². The molecule has 0 aromatic heterocycles. The molecule has 0 heterocycles. The van der Waals surface area contributed by atoms with Crippen LogP contribution in [0.3, 0.4) is 0 Å². The van der Waals surface area contributed by atoms with E-state index in [-0.39, 0.29) is 38.9 Å². The number of unbranched alkanes of at least 4 members (excludes halogenated alkanes) is 48. The van der Waals surface area contributed by atoms with E-state index in [4.69, 9.17) is 41.4 Å². The highest BCUT2D eigenvalue weighted by Gasteiger charge is 2.43. The summed E-state index contributed by atoms with van der Waals surface area (Å²) in [5.74, 6) is -2.03. The first-order chi connectivity index (χ1) is 49.4. The lowest BCUT2D eigenvalue weighted by atomic mass is 10.0. The molecule has 0 saturated heterocycles. The van der Waals surface area contributed by atoms with Crippen LogP contribution in [0, 0.1) is 0 Å². The van der Waals surface area contributed by atoms with Crippen LogP contribution < -0.4 is 0 Å². The van der Waals surface area contributed by atoms with Gasteiger partial charge < -0.3 is 18.9 Å². The molecule has 4 atom stereocenters. The zero-order valence-corrected chi connectivity index (χ0v) is 66.6. The van der Waals surface area contributed by atoms with E-state index in [1.165, 1.54) is 218 Å². The maximum atomic E-state index is 15.3. The Bertz CT molecular complexity index is 2150. The summed E-state index contributed by atoms with van der Waals surface area (Å²) in [5, 5.41) is 0. The molecular formula is C84H148O15P2. The molecule has 0 amide bonds. The quantitative estimate of drug-likeness (QED) is 0.0263. The van der Waals surface area contributed by atoms with Crippen molar-refractivity contribution in [2.24, 2.45) is 0 Å². The summed E-state index contributed by atoms with van der Waals surface area (Å²) in [6.07, 6.45) is 58.3. The van der Waals surface area contributed by atoms with E-state index in [2.05, 4.69) is 27.7 Å². The number of esters is 4. The highest BCUT2D eigenvalue weighted by atomic mass is 31.3. The molecular weight excluding hydrogens is 1310 g/mol. The molecule has 2 aromatic carbocycles. The van der Waals surface area contributed by atoms with Crippen molar-refractivity contribution >= 4 is 39.5 Å². The van der Waals surface area contributed by atoms with E-state index in [9.17, 15) is 19.2 Å². The molecule has 15 nitrogen and oxygen atoms in total. The van der Waals surface area contributed by atoms with Crippen LogP contribution in [0.25, 0.3) is 0 Å². The molecule has 0 aliphatic heterocycles. The van der Waals surface area contributed by atoms with Crippen molar-refractivity contribution in [2.45, 2.75) is 413 Å². The lowest BCUT2D eigenvalue weighted by Crippen LogP contribution is -2.30. The van der Waals surface area contributed by atoms with Gasteiger partial charge in [-0.25, -0.2) is 9.13 Å². The van der Waals surface area contributed by atoms with Gasteiger partial charge in [-0.3, -0.25) is 37.3 Å². The Balaban J connectivity index is 2.30. The van der Waals surface area contributed by atoms with Crippen LogP contribution in [0.15, 0.2) is 60.7 Å². The zero-order chi connectivity index (χ0) is 72.9. The molecule has 2 rings (SSSR count). The van der Waals surface area contributed by atoms with Gasteiger partial charge in [0.25, 0.3) is 0 Å². The third kappa shape index (κ3) is 59.4. The first-order valence-corrected chi connectivity index (χ1v) is 44.6. The molecule has 0 N–H and O–H groups in total. The van der Waals surface area contributed by atoms with Gasteiger partial charge in [0, 0.05) is 25.7 Å². The Kier molecular flexibility index (Phi) is 63.4. The number of rotatable bonds is 76. The fourth-order valence-corrected chi connectivity index (χ4v) is 15.7. The van der Waals surface area contributed by atoms with Crippen molar-refractivity contribution in [3.8, 4) is 0 Å². The average molecular weight is 1460 g/mol. The minimum atomic E-state index is -5.10. The van der Waals surface area contributed by atoms with E-state index in [1.807, 2.05) is 12.1 Å². The maximum Gasteiger partial charge on any atom is 0.484 e. The van der Waals surface area contributed by atoms with Crippen molar-refractivity contribution in [1.82, 2.24) is 0 Å². The minimum absolute atomic E-state index is 0.107. The van der Waals surface area contributed by atoms with E-state index >= 15 is 9.13 Å². The summed E-state index contributed by atoms with van der Waals surface area (Å²) in [5.41, 5.74) is 1.14. The van der Waals surface area contributed by atoms with Crippen molar-refractivity contribution in [3.63, 3.8) is 0 Å². The molecule has 0 aliphatic rings. The molecule has 0 radical (unpaired) electrons. The van der Waals surface area contributed by atoms with Gasteiger partial charge >= 0.3 is 39.5 Å². The van der Waals surface area contributed by atoms with Crippen LogP contribution in [0.1, 0.15) is 398 Å². The molecule has 584 valence electrons. The van der Waals surface area contributed by atoms with Gasteiger partial charge in [0.05, 0.1) is 26.4 Å². The number of benzene rings is 2. The SMILES string of the molecule is CCCCCCCCCCCCCCCC(=O)OCC(COP(=O)(OCc1ccccc1)OP(=O)(OCc1ccccc1)OCC(COC(=O)CCCCCCCCCCCCCCC)OC(=O)CCCCCCCCCCCCCCC)OC(=O)CCCCCCCCCCCCCCC. The molecule has 4 unspecified atom stereocenters. The van der Waals surface area contributed by atoms with Gasteiger partial charge in [-0.05, 0) is 36.8 Å². The first-order valence-electron chi connectivity index (χ1n) is 41.7. The topological polar surface area (TPSA) is 185 Å². The monoisotopic (exact) mass is 1460 g/mol. The third-order valence-electron chi connectivity index (χ3n) is 18.9. The smallest absolute Gasteiger partial charge is 0.462 e. The standard InChI is InChI=1S/C84H148O15P2/c1-5-9-13-17-21-25-29-33-37-41-45-49-59-67-81(85)91-73-79(97-83(87)69-61-51-47-43-39-35-31-27-23-19-15-11-7-3)75-95-100(89,93-71-77-63-55-53-56-64-77)99-101(90,94-72-78-65-57-54-58-66-78)96-76-80(98-84(88)70-62-52-48-44-40-36-32-28-24-20-16-12-8-4)74-92-82(86)68-60-50-46-42-38-34-30-26-22-18-14-10-6-2/h53-58,63-66,79-80H,5-52,59-62,67-76H2,1-4H3. The van der Waals surface area contributed by atoms with Crippen molar-refractivity contribution < 1.29 is 69.7 Å². The Hall–Kier alpha value is -3.42. The second-order valence-electron chi connectivity index (χ2n) is 28.6. The van der Waals surface area contributed by atoms with Crippen molar-refractivity contribution in [1.29, 1.82) is 0 Å². The number of hydrogen-bond donors (Lipinski definition) is 0. The van der Waals surface area contributed by atoms with Crippen LogP contribution in [-0.4, -0.2) is 62.5 Å². The molecule has 0 saturated carbocycles. The van der Waals surface area contributed by atoms with Crippen LogP contribution in [0.5, 0.6) is 0 Å². The maximum absolute atomic E-state index is 15.3. The Morgan fingerprint density at radius 3 is 0.703 bits per heavy atom. The van der Waals surface area contributed by atoms with E-state index < -0.39 is 78.2 Å². The van der Waals surface area contributed by atoms with Gasteiger partial charge in [-0.2, -0.15) is 4.31 Å². The Labute approximate surface area is 617 Å². The van der Waals surface area contributed by atoms with Crippen LogP contribution in [0.2, 0.25) is 0 Å². The van der Waals surface area contributed by atoms with Gasteiger partial charge in [-0.15, -0.1) is 0 Å². The molecule has 17 heteroatoms. The third-order valence-corrected chi connectivity index (χ3v) is 22.3. The summed E-state index contributed by atoms with van der Waals surface area (Å²) in [7, 11) is -10.2. The highest BCUT2D eigenvalue weighted by molar-refractivity contribution is 7.62. The second kappa shape index (κ2) is 68.4. The number of phosphoric ester groups is 2. The first kappa shape index (κ1) is 93.7. The van der Waals surface area contributed by atoms with Crippen LogP contribution in [0.4, 0.5) is 0 Å². The summed E-state index contributed by atoms with van der Waals surface area (Å²) < 4.78 is 83.8. The Morgan fingerprint density at radius 1 is 0.267 bits per heavy atom. The fourth-order valence-electron chi connectivity index (χ4n) is 12.5. The van der Waals surface area contributed by atoms with Crippen molar-refractivity contribution in [3.05, 3.63) is 71.8 Å². The lowest BCUT2D eigenvalue weighted by molar-refractivity contribution is -0.161. The predicted octanol–water partition coefficient (Wildman–Crippen LogP) is 26.5. The van der Waals surface area contributed by atoms with Crippen LogP contribution in [-0.2, 0) is 82.9 Å². The summed E-state index contributed by atoms with van der Waals surface area (Å²) in [6.45, 7) is 6.14. The van der Waals surface area contributed by atoms with Crippen LogP contribution >= 0.6 is 15.6 Å². The highest BCUT2D eigenvalue weighted by Crippen LogP contribution is 2.66. The van der Waals surface area contributed by atoms with E-state index in [1.54, 1.807) is 48.5 Å². The second-order valence-corrected chi connectivity index (χ2v) is 32.1. The molecule has 101 heavy (non-hydrogen) atoms. The van der Waals surface area contributed by atoms with Gasteiger partial charge in [0.2, 0.25) is 0 Å². The number of carbonyl (C=O) groups is 4. The summed E-state index contributed by atoms with van der Waals surface area (Å²) in [4.78, 5) is 53.9. The number of hydrogen-bond acceptors (Lipinski definition) is 15.